The van der Waals surface area contributed by atoms with Gasteiger partial charge in [-0.25, -0.2) is 0 Å². The Morgan fingerprint density at radius 3 is 1.57 bits per heavy atom. The fourth-order valence-corrected chi connectivity index (χ4v) is 8.03. The second kappa shape index (κ2) is 10.9. The van der Waals surface area contributed by atoms with Crippen molar-refractivity contribution >= 4 is 39.9 Å². The first-order chi connectivity index (χ1) is 24.2. The van der Waals surface area contributed by atoms with Crippen LogP contribution in [-0.2, 0) is 0 Å². The van der Waals surface area contributed by atoms with Crippen molar-refractivity contribution in [1.29, 1.82) is 0 Å². The van der Waals surface area contributed by atoms with Crippen molar-refractivity contribution in [3.63, 3.8) is 0 Å². The third-order valence-corrected chi connectivity index (χ3v) is 10.4. The highest BCUT2D eigenvalue weighted by molar-refractivity contribution is 6.92. The Kier molecular flexibility index (Phi) is 6.22. The summed E-state index contributed by atoms with van der Waals surface area (Å²) in [7, 11) is 0. The van der Waals surface area contributed by atoms with Gasteiger partial charge >= 0.3 is 6.85 Å². The molecule has 8 aromatic rings. The van der Waals surface area contributed by atoms with Crippen molar-refractivity contribution < 1.29 is 0 Å². The van der Waals surface area contributed by atoms with Crippen molar-refractivity contribution in [2.24, 2.45) is 0 Å². The summed E-state index contributed by atoms with van der Waals surface area (Å²) in [6, 6.07) is 58.5. The van der Waals surface area contributed by atoms with Crippen molar-refractivity contribution in [1.82, 2.24) is 4.98 Å². The van der Waals surface area contributed by atoms with Gasteiger partial charge in [-0.1, -0.05) is 121 Å². The van der Waals surface area contributed by atoms with E-state index in [1.165, 1.54) is 88.7 Å². The zero-order valence-corrected chi connectivity index (χ0v) is 27.1. The lowest BCUT2D eigenvalue weighted by Crippen LogP contribution is -2.59. The highest BCUT2D eigenvalue weighted by Gasteiger charge is 2.42. The summed E-state index contributed by atoms with van der Waals surface area (Å²) in [4.78, 5) is 6.98. The lowest BCUT2D eigenvalue weighted by molar-refractivity contribution is 1.27. The van der Waals surface area contributed by atoms with E-state index in [0.29, 0.717) is 0 Å². The van der Waals surface area contributed by atoms with Crippen molar-refractivity contribution in [3.8, 4) is 55.6 Å². The molecule has 3 heterocycles. The molecular weight excluding hydrogens is 591 g/mol. The fourth-order valence-electron chi connectivity index (χ4n) is 8.03. The zero-order valence-electron chi connectivity index (χ0n) is 27.1. The van der Waals surface area contributed by atoms with Gasteiger partial charge < -0.3 is 4.81 Å². The molecular formula is C46H31BN2. The molecule has 0 spiro atoms. The van der Waals surface area contributed by atoms with E-state index in [2.05, 4.69) is 174 Å². The number of anilines is 2. The molecule has 0 saturated carbocycles. The van der Waals surface area contributed by atoms with Crippen molar-refractivity contribution in [2.45, 2.75) is 6.92 Å². The molecule has 1 aromatic heterocycles. The number of fused-ring (bicyclic) bond motifs is 12. The number of aromatic nitrogens is 1. The molecule has 2 aliphatic rings. The van der Waals surface area contributed by atoms with Crippen LogP contribution in [0, 0.1) is 6.92 Å². The molecule has 0 fully saturated rings. The maximum Gasteiger partial charge on any atom is 0.329 e. The van der Waals surface area contributed by atoms with Gasteiger partial charge in [0.15, 0.2) is 0 Å². The number of pyridine rings is 1. The van der Waals surface area contributed by atoms with Crippen LogP contribution in [0.4, 0.5) is 11.4 Å². The number of hydrogen-bond acceptors (Lipinski definition) is 2. The van der Waals surface area contributed by atoms with E-state index in [4.69, 9.17) is 0 Å². The highest BCUT2D eigenvalue weighted by Crippen LogP contribution is 2.48. The predicted molar refractivity (Wildman–Crippen MR) is 207 cm³/mol. The van der Waals surface area contributed by atoms with Gasteiger partial charge in [0, 0.05) is 40.5 Å². The average molecular weight is 623 g/mol. The molecule has 10 rings (SSSR count). The van der Waals surface area contributed by atoms with Gasteiger partial charge in [-0.2, -0.15) is 0 Å². The van der Waals surface area contributed by atoms with Gasteiger partial charge in [0.25, 0.3) is 0 Å². The van der Waals surface area contributed by atoms with Gasteiger partial charge in [-0.3, -0.25) is 4.98 Å². The van der Waals surface area contributed by atoms with E-state index in [-0.39, 0.29) is 6.85 Å². The Morgan fingerprint density at radius 2 is 0.918 bits per heavy atom. The highest BCUT2D eigenvalue weighted by atomic mass is 15.1. The maximum absolute atomic E-state index is 4.40. The molecule has 228 valence electrons. The Morgan fingerprint density at radius 1 is 0.408 bits per heavy atom. The number of aryl methyl sites for hydroxylation is 1. The standard InChI is InChI=1S/C46H31BN2/c1-30-24-38(29-48-28-30)33-16-14-32(15-17-33)36-20-22-45-41(26-36)39-10-4-6-12-43(39)47-44-13-7-5-11-40(44)42-27-37(21-23-46(42)49(45)47)35-19-18-31-8-2-3-9-34(31)25-35/h2-29H,1H3. The number of benzene rings is 7. The van der Waals surface area contributed by atoms with Crippen LogP contribution in [0.5, 0.6) is 0 Å². The van der Waals surface area contributed by atoms with Crippen LogP contribution in [-0.4, -0.2) is 11.8 Å². The van der Waals surface area contributed by atoms with E-state index in [1.54, 1.807) is 0 Å². The van der Waals surface area contributed by atoms with E-state index < -0.39 is 0 Å². The molecule has 0 bridgehead atoms. The summed E-state index contributed by atoms with van der Waals surface area (Å²) in [6.45, 7) is 2.18. The Bertz CT molecular complexity index is 2590. The normalized spacial score (nSPS) is 12.5. The minimum Gasteiger partial charge on any atom is -0.376 e. The molecule has 7 aromatic carbocycles. The third-order valence-electron chi connectivity index (χ3n) is 10.4. The topological polar surface area (TPSA) is 16.1 Å². The number of rotatable bonds is 3. The molecule has 2 nitrogen and oxygen atoms in total. The molecule has 2 aliphatic heterocycles. The first kappa shape index (κ1) is 27.9. The molecule has 49 heavy (non-hydrogen) atoms. The van der Waals surface area contributed by atoms with Gasteiger partial charge in [0.2, 0.25) is 0 Å². The predicted octanol–water partition coefficient (Wildman–Crippen LogP) is 10.4. The second-order valence-corrected chi connectivity index (χ2v) is 13.3. The largest absolute Gasteiger partial charge is 0.376 e. The summed E-state index contributed by atoms with van der Waals surface area (Å²) < 4.78 is 0. The zero-order chi connectivity index (χ0) is 32.5. The maximum atomic E-state index is 4.40. The van der Waals surface area contributed by atoms with Crippen LogP contribution in [0.1, 0.15) is 5.56 Å². The molecule has 0 atom stereocenters. The third kappa shape index (κ3) is 4.47. The Balaban J connectivity index is 1.12. The SMILES string of the molecule is Cc1cncc(-c2ccc(-c3ccc4c(c3)-c3ccccc3B3c5ccccc5-c5cc(-c6ccc7ccccc7c6)ccc5N34)cc2)c1. The number of nitrogens with zero attached hydrogens (tertiary/aromatic N) is 2. The summed E-state index contributed by atoms with van der Waals surface area (Å²) in [5.74, 6) is 0. The number of hydrogen-bond donors (Lipinski definition) is 0. The Hall–Kier alpha value is -6.19. The van der Waals surface area contributed by atoms with E-state index in [1.807, 2.05) is 12.4 Å². The second-order valence-electron chi connectivity index (χ2n) is 13.3. The van der Waals surface area contributed by atoms with Gasteiger partial charge in [0.05, 0.1) is 0 Å². The molecule has 0 aliphatic carbocycles. The minimum atomic E-state index is 0.0898. The molecule has 0 amide bonds. The van der Waals surface area contributed by atoms with E-state index >= 15 is 0 Å². The lowest BCUT2D eigenvalue weighted by atomic mass is 9.43. The Labute approximate surface area is 287 Å². The first-order valence-electron chi connectivity index (χ1n) is 17.0. The van der Waals surface area contributed by atoms with Crippen LogP contribution in [0.15, 0.2) is 170 Å². The van der Waals surface area contributed by atoms with Crippen molar-refractivity contribution in [3.05, 3.63) is 176 Å². The summed E-state index contributed by atoms with van der Waals surface area (Å²) >= 11 is 0. The van der Waals surface area contributed by atoms with Crippen LogP contribution < -0.4 is 15.7 Å². The first-order valence-corrected chi connectivity index (χ1v) is 17.0. The van der Waals surface area contributed by atoms with Gasteiger partial charge in [0.1, 0.15) is 0 Å². The summed E-state index contributed by atoms with van der Waals surface area (Å²) in [5, 5.41) is 2.53. The quantitative estimate of drug-likeness (QED) is 0.182. The monoisotopic (exact) mass is 622 g/mol. The summed E-state index contributed by atoms with van der Waals surface area (Å²) in [5.41, 5.74) is 18.7. The molecule has 3 heteroatoms. The van der Waals surface area contributed by atoms with Gasteiger partial charge in [-0.05, 0) is 110 Å². The fraction of sp³-hybridized carbons (Fsp3) is 0.0217. The minimum absolute atomic E-state index is 0.0898. The van der Waals surface area contributed by atoms with E-state index in [9.17, 15) is 0 Å². The van der Waals surface area contributed by atoms with Crippen LogP contribution in [0.25, 0.3) is 66.4 Å². The van der Waals surface area contributed by atoms with Crippen molar-refractivity contribution in [2.75, 3.05) is 4.81 Å². The van der Waals surface area contributed by atoms with Crippen LogP contribution in [0.3, 0.4) is 0 Å². The van der Waals surface area contributed by atoms with Gasteiger partial charge in [-0.15, -0.1) is 0 Å². The smallest absolute Gasteiger partial charge is 0.329 e. The molecule has 0 N–H and O–H groups in total. The lowest BCUT2D eigenvalue weighted by Gasteiger charge is -2.43. The van der Waals surface area contributed by atoms with Crippen LogP contribution in [0.2, 0.25) is 0 Å². The molecule has 0 unspecified atom stereocenters. The molecule has 0 saturated heterocycles. The molecule has 0 radical (unpaired) electrons. The van der Waals surface area contributed by atoms with Crippen LogP contribution >= 0.6 is 0 Å². The van der Waals surface area contributed by atoms with E-state index in [0.717, 1.165) is 5.56 Å². The average Bonchev–Trinajstić information content (AvgIpc) is 3.17. The summed E-state index contributed by atoms with van der Waals surface area (Å²) in [6.07, 6.45) is 3.84.